The lowest BCUT2D eigenvalue weighted by atomic mass is 10.1. The molecular formula is C27H24BrFN4O5. The third-order valence-corrected chi connectivity index (χ3v) is 6.18. The van der Waals surface area contributed by atoms with E-state index >= 15 is 0 Å². The fraction of sp³-hybridized carbons (Fsp3) is 0.148. The number of anilines is 1. The molecule has 0 aliphatic heterocycles. The van der Waals surface area contributed by atoms with Crippen LogP contribution in [-0.4, -0.2) is 43.2 Å². The van der Waals surface area contributed by atoms with Gasteiger partial charge >= 0.3 is 11.8 Å². The molecule has 0 fully saturated rings. The van der Waals surface area contributed by atoms with E-state index in [2.05, 4.69) is 32.0 Å². The van der Waals surface area contributed by atoms with Gasteiger partial charge in [-0.2, -0.15) is 0 Å². The van der Waals surface area contributed by atoms with Gasteiger partial charge in [0.05, 0.1) is 25.4 Å². The Kier molecular flexibility index (Phi) is 8.27. The van der Waals surface area contributed by atoms with Crippen LogP contribution in [0.3, 0.4) is 0 Å². The van der Waals surface area contributed by atoms with Crippen LogP contribution in [0.15, 0.2) is 71.2 Å². The van der Waals surface area contributed by atoms with E-state index in [-0.39, 0.29) is 17.9 Å². The number of fused-ring (bicyclic) bond motifs is 1. The predicted molar refractivity (Wildman–Crippen MR) is 145 cm³/mol. The average molecular weight is 583 g/mol. The van der Waals surface area contributed by atoms with Gasteiger partial charge in [-0.25, -0.2) is 9.07 Å². The zero-order valence-electron chi connectivity index (χ0n) is 20.5. The number of amides is 3. The van der Waals surface area contributed by atoms with Gasteiger partial charge < -0.3 is 20.1 Å². The summed E-state index contributed by atoms with van der Waals surface area (Å²) in [5.74, 6) is -2.00. The number of carbonyl (C=O) groups is 3. The first kappa shape index (κ1) is 26.7. The molecule has 9 nitrogen and oxygen atoms in total. The van der Waals surface area contributed by atoms with E-state index in [1.165, 1.54) is 43.2 Å². The quantitative estimate of drug-likeness (QED) is 0.269. The van der Waals surface area contributed by atoms with Crippen LogP contribution in [0.5, 0.6) is 11.5 Å². The number of rotatable bonds is 8. The molecule has 4 aromatic rings. The number of carbonyl (C=O) groups excluding carboxylic acids is 3. The number of aromatic nitrogens is 1. The molecule has 0 saturated heterocycles. The second kappa shape index (κ2) is 11.8. The van der Waals surface area contributed by atoms with E-state index in [1.54, 1.807) is 36.4 Å². The number of hydrogen-bond donors (Lipinski definition) is 3. The molecule has 0 atom stereocenters. The van der Waals surface area contributed by atoms with Gasteiger partial charge in [-0.1, -0.05) is 34.1 Å². The standard InChI is InChI=1S/C27H24BrFN4O5/c1-37-23-10-7-16(13-24(23)38-2)11-12-30-26(35)27(36)32-33-21-9-8-18(28)14-17(21)15-22(33)25(34)31-20-6-4-3-5-19(20)29/h3-10,13-15H,11-12H2,1-2H3,(H,30,35)(H,31,34)(H,32,36). The number of para-hydroxylation sites is 1. The van der Waals surface area contributed by atoms with Crippen molar-refractivity contribution in [3.8, 4) is 11.5 Å². The SMILES string of the molecule is COc1ccc(CCNC(=O)C(=O)Nn2c(C(=O)Nc3ccccc3F)cc3cc(Br)ccc32)cc1OC. The maximum atomic E-state index is 14.1. The van der Waals surface area contributed by atoms with Crippen LogP contribution in [-0.2, 0) is 16.0 Å². The third-order valence-electron chi connectivity index (χ3n) is 5.69. The topological polar surface area (TPSA) is 111 Å². The summed E-state index contributed by atoms with van der Waals surface area (Å²) in [5, 5.41) is 5.68. The molecule has 3 N–H and O–H groups in total. The molecule has 0 unspecified atom stereocenters. The first-order chi connectivity index (χ1) is 18.3. The first-order valence-electron chi connectivity index (χ1n) is 11.5. The lowest BCUT2D eigenvalue weighted by molar-refractivity contribution is -0.136. The molecule has 3 amide bonds. The van der Waals surface area contributed by atoms with Crippen LogP contribution in [0.1, 0.15) is 16.1 Å². The molecule has 1 heterocycles. The Bertz CT molecular complexity index is 1520. The molecule has 0 aliphatic rings. The van der Waals surface area contributed by atoms with Gasteiger partial charge in [0, 0.05) is 16.4 Å². The van der Waals surface area contributed by atoms with Crippen LogP contribution in [0.25, 0.3) is 10.9 Å². The summed E-state index contributed by atoms with van der Waals surface area (Å²) in [5.41, 5.74) is 3.81. The Morgan fingerprint density at radius 3 is 2.42 bits per heavy atom. The zero-order chi connectivity index (χ0) is 27.2. The maximum Gasteiger partial charge on any atom is 0.328 e. The van der Waals surface area contributed by atoms with Crippen LogP contribution < -0.4 is 25.5 Å². The van der Waals surface area contributed by atoms with E-state index in [0.717, 1.165) is 10.0 Å². The van der Waals surface area contributed by atoms with E-state index in [4.69, 9.17) is 9.47 Å². The smallest absolute Gasteiger partial charge is 0.328 e. The van der Waals surface area contributed by atoms with Gasteiger partial charge in [-0.3, -0.25) is 19.8 Å². The molecule has 3 aromatic carbocycles. The Morgan fingerprint density at radius 2 is 1.68 bits per heavy atom. The number of nitrogens with zero attached hydrogens (tertiary/aromatic N) is 1. The van der Waals surface area contributed by atoms with Gasteiger partial charge in [0.2, 0.25) is 0 Å². The van der Waals surface area contributed by atoms with Crippen molar-refractivity contribution in [2.45, 2.75) is 6.42 Å². The van der Waals surface area contributed by atoms with Gasteiger partial charge in [0.15, 0.2) is 11.5 Å². The normalized spacial score (nSPS) is 10.6. The highest BCUT2D eigenvalue weighted by atomic mass is 79.9. The summed E-state index contributed by atoms with van der Waals surface area (Å²) in [6, 6.07) is 17.8. The summed E-state index contributed by atoms with van der Waals surface area (Å²) < 4.78 is 26.6. The lowest BCUT2D eigenvalue weighted by Crippen LogP contribution is -2.40. The molecular weight excluding hydrogens is 559 g/mol. The Hall–Kier alpha value is -4.38. The fourth-order valence-electron chi connectivity index (χ4n) is 3.81. The largest absolute Gasteiger partial charge is 0.493 e. The summed E-state index contributed by atoms with van der Waals surface area (Å²) in [6.07, 6.45) is 0.441. The number of benzene rings is 3. The van der Waals surface area contributed by atoms with Crippen molar-refractivity contribution >= 4 is 50.2 Å². The summed E-state index contributed by atoms with van der Waals surface area (Å²) in [7, 11) is 3.07. The predicted octanol–water partition coefficient (Wildman–Crippen LogP) is 4.24. The Labute approximate surface area is 226 Å². The van der Waals surface area contributed by atoms with Crippen molar-refractivity contribution in [3.63, 3.8) is 0 Å². The minimum atomic E-state index is -0.974. The summed E-state index contributed by atoms with van der Waals surface area (Å²) in [6.45, 7) is 0.182. The molecule has 38 heavy (non-hydrogen) atoms. The number of methoxy groups -OCH3 is 2. The van der Waals surface area contributed by atoms with Crippen LogP contribution >= 0.6 is 15.9 Å². The zero-order valence-corrected chi connectivity index (χ0v) is 22.1. The molecule has 4 rings (SSSR count). The number of halogens is 2. The van der Waals surface area contributed by atoms with Crippen LogP contribution in [0.2, 0.25) is 0 Å². The lowest BCUT2D eigenvalue weighted by Gasteiger charge is -2.13. The van der Waals surface area contributed by atoms with E-state index in [9.17, 15) is 18.8 Å². The maximum absolute atomic E-state index is 14.1. The molecule has 0 bridgehead atoms. The number of ether oxygens (including phenoxy) is 2. The molecule has 11 heteroatoms. The third kappa shape index (κ3) is 5.94. The highest BCUT2D eigenvalue weighted by Crippen LogP contribution is 2.28. The Morgan fingerprint density at radius 1 is 0.921 bits per heavy atom. The van der Waals surface area contributed by atoms with E-state index in [1.807, 2.05) is 6.07 Å². The van der Waals surface area contributed by atoms with Crippen molar-refractivity contribution < 1.29 is 28.2 Å². The van der Waals surface area contributed by atoms with Crippen LogP contribution in [0, 0.1) is 5.82 Å². The molecule has 0 spiro atoms. The summed E-state index contributed by atoms with van der Waals surface area (Å²) >= 11 is 3.38. The van der Waals surface area contributed by atoms with Crippen molar-refractivity contribution in [2.24, 2.45) is 0 Å². The molecule has 0 radical (unpaired) electrons. The van der Waals surface area contributed by atoms with E-state index in [0.29, 0.717) is 28.8 Å². The van der Waals surface area contributed by atoms with Crippen molar-refractivity contribution in [1.29, 1.82) is 0 Å². The second-order valence-electron chi connectivity index (χ2n) is 8.14. The van der Waals surface area contributed by atoms with Gasteiger partial charge in [-0.15, -0.1) is 0 Å². The van der Waals surface area contributed by atoms with Crippen LogP contribution in [0.4, 0.5) is 10.1 Å². The van der Waals surface area contributed by atoms with Gasteiger partial charge in [0.1, 0.15) is 11.5 Å². The van der Waals surface area contributed by atoms with Gasteiger partial charge in [0.25, 0.3) is 5.91 Å². The van der Waals surface area contributed by atoms with E-state index < -0.39 is 23.5 Å². The fourth-order valence-corrected chi connectivity index (χ4v) is 4.19. The molecule has 196 valence electrons. The minimum absolute atomic E-state index is 0.00725. The number of nitrogens with one attached hydrogen (secondary N) is 3. The molecule has 0 saturated carbocycles. The number of hydrogen-bond acceptors (Lipinski definition) is 5. The van der Waals surface area contributed by atoms with Crippen molar-refractivity contribution in [3.05, 3.63) is 88.3 Å². The van der Waals surface area contributed by atoms with Gasteiger partial charge in [-0.05, 0) is 60.5 Å². The summed E-state index contributed by atoms with van der Waals surface area (Å²) in [4.78, 5) is 38.3. The monoisotopic (exact) mass is 582 g/mol. The average Bonchev–Trinajstić information content (AvgIpc) is 3.26. The molecule has 1 aromatic heterocycles. The second-order valence-corrected chi connectivity index (χ2v) is 9.05. The van der Waals surface area contributed by atoms with Crippen molar-refractivity contribution in [2.75, 3.05) is 31.5 Å². The highest BCUT2D eigenvalue weighted by molar-refractivity contribution is 9.10. The van der Waals surface area contributed by atoms with Crippen molar-refractivity contribution in [1.82, 2.24) is 9.99 Å². The highest BCUT2D eigenvalue weighted by Gasteiger charge is 2.21. The molecule has 0 aliphatic carbocycles. The first-order valence-corrected chi connectivity index (χ1v) is 12.3. The minimum Gasteiger partial charge on any atom is -0.493 e. The Balaban J connectivity index is 1.48.